The molecule has 2 nitrogen and oxygen atoms in total. The zero-order chi connectivity index (χ0) is 11.3. The SMILES string of the molecule is CCC(C)(CN)N(C)CC1CCCCC1. The van der Waals surface area contributed by atoms with Gasteiger partial charge in [0.1, 0.15) is 0 Å². The zero-order valence-electron chi connectivity index (χ0n) is 10.8. The van der Waals surface area contributed by atoms with Crippen LogP contribution in [-0.2, 0) is 0 Å². The van der Waals surface area contributed by atoms with Crippen LogP contribution in [0.1, 0.15) is 52.4 Å². The van der Waals surface area contributed by atoms with Crippen molar-refractivity contribution in [3.8, 4) is 0 Å². The number of likely N-dealkylation sites (N-methyl/N-ethyl adjacent to an activating group) is 1. The molecule has 0 heterocycles. The lowest BCUT2D eigenvalue weighted by Gasteiger charge is -2.40. The van der Waals surface area contributed by atoms with Gasteiger partial charge in [-0.2, -0.15) is 0 Å². The van der Waals surface area contributed by atoms with E-state index in [1.807, 2.05) is 0 Å². The molecule has 1 fully saturated rings. The third kappa shape index (κ3) is 3.46. The summed E-state index contributed by atoms with van der Waals surface area (Å²) in [7, 11) is 2.24. The first kappa shape index (κ1) is 13.0. The van der Waals surface area contributed by atoms with E-state index in [2.05, 4.69) is 25.8 Å². The summed E-state index contributed by atoms with van der Waals surface area (Å²) in [5.41, 5.74) is 6.09. The summed E-state index contributed by atoms with van der Waals surface area (Å²) in [5, 5.41) is 0. The van der Waals surface area contributed by atoms with Gasteiger partial charge in [0.25, 0.3) is 0 Å². The van der Waals surface area contributed by atoms with Crippen molar-refractivity contribution in [2.45, 2.75) is 57.9 Å². The second kappa shape index (κ2) is 5.86. The molecule has 2 heteroatoms. The van der Waals surface area contributed by atoms with E-state index < -0.39 is 0 Å². The van der Waals surface area contributed by atoms with Crippen molar-refractivity contribution >= 4 is 0 Å². The summed E-state index contributed by atoms with van der Waals surface area (Å²) in [4.78, 5) is 2.49. The molecule has 1 rings (SSSR count). The number of nitrogens with two attached hydrogens (primary N) is 1. The highest BCUT2D eigenvalue weighted by molar-refractivity contribution is 4.85. The Bertz CT molecular complexity index is 169. The number of rotatable bonds is 5. The van der Waals surface area contributed by atoms with Gasteiger partial charge in [0.15, 0.2) is 0 Å². The van der Waals surface area contributed by atoms with Gasteiger partial charge in [-0.05, 0) is 39.2 Å². The largest absolute Gasteiger partial charge is 0.329 e. The van der Waals surface area contributed by atoms with Crippen LogP contribution in [0.2, 0.25) is 0 Å². The van der Waals surface area contributed by atoms with Crippen molar-refractivity contribution in [3.05, 3.63) is 0 Å². The molecule has 0 radical (unpaired) electrons. The molecule has 1 aliphatic carbocycles. The summed E-state index contributed by atoms with van der Waals surface area (Å²) in [6.07, 6.45) is 8.31. The molecule has 90 valence electrons. The predicted octanol–water partition coefficient (Wildman–Crippen LogP) is 2.63. The molecule has 0 amide bonds. The fourth-order valence-electron chi connectivity index (χ4n) is 2.55. The van der Waals surface area contributed by atoms with Gasteiger partial charge in [-0.15, -0.1) is 0 Å². The Morgan fingerprint density at radius 2 is 1.87 bits per heavy atom. The van der Waals surface area contributed by atoms with E-state index in [1.165, 1.54) is 38.6 Å². The molecule has 0 aromatic carbocycles. The van der Waals surface area contributed by atoms with Crippen LogP contribution in [0.15, 0.2) is 0 Å². The summed E-state index contributed by atoms with van der Waals surface area (Å²) in [5.74, 6) is 0.918. The lowest BCUT2D eigenvalue weighted by atomic mass is 9.87. The van der Waals surface area contributed by atoms with Crippen molar-refractivity contribution in [1.82, 2.24) is 4.90 Å². The number of nitrogens with zero attached hydrogens (tertiary/aromatic N) is 1. The lowest BCUT2D eigenvalue weighted by Crippen LogP contribution is -2.50. The Labute approximate surface area is 95.2 Å². The maximum atomic E-state index is 5.88. The van der Waals surface area contributed by atoms with Crippen molar-refractivity contribution in [1.29, 1.82) is 0 Å². The number of hydrogen-bond acceptors (Lipinski definition) is 2. The summed E-state index contributed by atoms with van der Waals surface area (Å²) in [6, 6.07) is 0. The van der Waals surface area contributed by atoms with E-state index in [1.54, 1.807) is 0 Å². The van der Waals surface area contributed by atoms with Gasteiger partial charge < -0.3 is 5.73 Å². The van der Waals surface area contributed by atoms with Crippen molar-refractivity contribution in [3.63, 3.8) is 0 Å². The van der Waals surface area contributed by atoms with Crippen molar-refractivity contribution in [2.75, 3.05) is 20.1 Å². The third-order valence-electron chi connectivity index (χ3n) is 4.38. The first-order chi connectivity index (χ1) is 7.12. The molecule has 0 aromatic heterocycles. The standard InChI is InChI=1S/C13H28N2/c1-4-13(2,11-14)15(3)10-12-8-6-5-7-9-12/h12H,4-11,14H2,1-3H3. The van der Waals surface area contributed by atoms with Gasteiger partial charge in [-0.1, -0.05) is 26.2 Å². The van der Waals surface area contributed by atoms with Crippen molar-refractivity contribution in [2.24, 2.45) is 11.7 Å². The Balaban J connectivity index is 2.41. The molecule has 1 saturated carbocycles. The maximum Gasteiger partial charge on any atom is 0.0298 e. The lowest BCUT2D eigenvalue weighted by molar-refractivity contribution is 0.107. The van der Waals surface area contributed by atoms with Crippen LogP contribution in [0.4, 0.5) is 0 Å². The topological polar surface area (TPSA) is 29.3 Å². The van der Waals surface area contributed by atoms with Crippen LogP contribution in [0.25, 0.3) is 0 Å². The molecular formula is C13H28N2. The predicted molar refractivity (Wildman–Crippen MR) is 67.0 cm³/mol. The van der Waals surface area contributed by atoms with Gasteiger partial charge in [0.2, 0.25) is 0 Å². The summed E-state index contributed by atoms with van der Waals surface area (Å²) in [6.45, 7) is 6.54. The van der Waals surface area contributed by atoms with Crippen LogP contribution >= 0.6 is 0 Å². The fraction of sp³-hybridized carbons (Fsp3) is 1.00. The Morgan fingerprint density at radius 3 is 2.33 bits per heavy atom. The Hall–Kier alpha value is -0.0800. The van der Waals surface area contributed by atoms with E-state index in [9.17, 15) is 0 Å². The minimum absolute atomic E-state index is 0.206. The highest BCUT2D eigenvalue weighted by Crippen LogP contribution is 2.26. The average Bonchev–Trinajstić information content (AvgIpc) is 2.29. The van der Waals surface area contributed by atoms with Crippen LogP contribution in [0.3, 0.4) is 0 Å². The summed E-state index contributed by atoms with van der Waals surface area (Å²) < 4.78 is 0. The second-order valence-corrected chi connectivity index (χ2v) is 5.44. The summed E-state index contributed by atoms with van der Waals surface area (Å²) >= 11 is 0. The van der Waals surface area contributed by atoms with Crippen molar-refractivity contribution < 1.29 is 0 Å². The highest BCUT2D eigenvalue weighted by atomic mass is 15.2. The first-order valence-corrected chi connectivity index (χ1v) is 6.53. The van der Waals surface area contributed by atoms with E-state index in [0.717, 1.165) is 18.9 Å². The smallest absolute Gasteiger partial charge is 0.0298 e. The number of hydrogen-bond donors (Lipinski definition) is 1. The molecule has 1 unspecified atom stereocenters. The van der Waals surface area contributed by atoms with Gasteiger partial charge in [-0.3, -0.25) is 4.90 Å². The van der Waals surface area contributed by atoms with E-state index in [0.29, 0.717) is 0 Å². The molecule has 0 saturated heterocycles. The quantitative estimate of drug-likeness (QED) is 0.759. The maximum absolute atomic E-state index is 5.88. The molecule has 0 bridgehead atoms. The van der Waals surface area contributed by atoms with Gasteiger partial charge >= 0.3 is 0 Å². The zero-order valence-corrected chi connectivity index (χ0v) is 10.8. The molecule has 15 heavy (non-hydrogen) atoms. The normalized spacial score (nSPS) is 23.0. The highest BCUT2D eigenvalue weighted by Gasteiger charge is 2.27. The third-order valence-corrected chi connectivity index (χ3v) is 4.38. The molecule has 2 N–H and O–H groups in total. The Morgan fingerprint density at radius 1 is 1.27 bits per heavy atom. The van der Waals surface area contributed by atoms with E-state index in [4.69, 9.17) is 5.73 Å². The molecule has 1 aliphatic rings. The monoisotopic (exact) mass is 212 g/mol. The van der Waals surface area contributed by atoms with Crippen LogP contribution in [0.5, 0.6) is 0 Å². The van der Waals surface area contributed by atoms with E-state index >= 15 is 0 Å². The molecule has 1 atom stereocenters. The first-order valence-electron chi connectivity index (χ1n) is 6.53. The van der Waals surface area contributed by atoms with Gasteiger partial charge in [0, 0.05) is 18.6 Å². The van der Waals surface area contributed by atoms with Crippen LogP contribution in [0, 0.1) is 5.92 Å². The Kier molecular flexibility index (Phi) is 5.07. The van der Waals surface area contributed by atoms with Gasteiger partial charge in [0.05, 0.1) is 0 Å². The fourth-order valence-corrected chi connectivity index (χ4v) is 2.55. The van der Waals surface area contributed by atoms with Gasteiger partial charge in [-0.25, -0.2) is 0 Å². The molecule has 0 aromatic rings. The van der Waals surface area contributed by atoms with Crippen LogP contribution in [-0.4, -0.2) is 30.6 Å². The molecule has 0 aliphatic heterocycles. The second-order valence-electron chi connectivity index (χ2n) is 5.44. The minimum Gasteiger partial charge on any atom is -0.329 e. The average molecular weight is 212 g/mol. The molecular weight excluding hydrogens is 184 g/mol. The van der Waals surface area contributed by atoms with Crippen LogP contribution < -0.4 is 5.73 Å². The molecule has 0 spiro atoms. The minimum atomic E-state index is 0.206. The van der Waals surface area contributed by atoms with E-state index in [-0.39, 0.29) is 5.54 Å².